The molecule has 0 unspecified atom stereocenters. The van der Waals surface area contributed by atoms with Crippen molar-refractivity contribution in [3.63, 3.8) is 0 Å². The number of nitrogens with one attached hydrogen (secondary N) is 3. The van der Waals surface area contributed by atoms with Crippen LogP contribution in [0.5, 0.6) is 17.2 Å². The van der Waals surface area contributed by atoms with Gasteiger partial charge in [0.1, 0.15) is 24.6 Å². The Morgan fingerprint density at radius 3 is 2.23 bits per heavy atom. The Labute approximate surface area is 482 Å². The normalized spacial score (nSPS) is 18.2. The summed E-state index contributed by atoms with van der Waals surface area (Å²) in [5.74, 6) is -6.15. The van der Waals surface area contributed by atoms with Gasteiger partial charge in [0.25, 0.3) is 11.8 Å². The molecule has 2 aliphatic rings. The Morgan fingerprint density at radius 2 is 1.56 bits per heavy atom. The van der Waals surface area contributed by atoms with Crippen molar-refractivity contribution < 1.29 is 110 Å². The Bertz CT molecular complexity index is 2870. The van der Waals surface area contributed by atoms with Crippen LogP contribution < -0.4 is 30.3 Å². The standard InChI is InChI=1S/C54H69N7O23/c1-11-17-76-49(68)39-27-60(59-57-39)16-12-18-75-42-25-38(36(24-41(42)72-9)48(67)61-26-30(2)22-35(61)28-62)56-52(70)77-29-34-13-14-40(37(23-34)47(66)55-15-19-74-20-21-78-58-53(71)84-54(6,7)8)82-51-46(81-33(5)65)44(80-32(4)64)43(79-31(3)63)45(83-51)50(69)73-10/h11,13-14,23-25,27,35,43-46,51,62H,1-2,12,15-22,26,28-29H2,3-10H3,(H,55,66)(H,56,70)(H,58,71)/t35-,43-,44-,45-,46+,51+/m0/s1. The zero-order valence-corrected chi connectivity index (χ0v) is 47.6. The van der Waals surface area contributed by atoms with Gasteiger partial charge in [-0.25, -0.2) is 19.2 Å². The summed E-state index contributed by atoms with van der Waals surface area (Å²) in [7, 11) is 2.35. The van der Waals surface area contributed by atoms with Gasteiger partial charge in [-0.15, -0.1) is 5.10 Å². The van der Waals surface area contributed by atoms with Crippen molar-refractivity contribution >= 4 is 59.5 Å². The highest BCUT2D eigenvalue weighted by Gasteiger charge is 2.56. The molecule has 0 saturated carbocycles. The molecule has 1 aromatic heterocycles. The fraction of sp³-hybridized carbons (Fsp3) is 0.500. The van der Waals surface area contributed by atoms with E-state index in [9.17, 15) is 48.3 Å². The number of amides is 4. The number of ether oxygens (including phenoxy) is 12. The van der Waals surface area contributed by atoms with Crippen molar-refractivity contribution in [2.24, 2.45) is 0 Å². The second-order valence-electron chi connectivity index (χ2n) is 19.4. The number of carbonyl (C=O) groups excluding carboxylic acids is 9. The van der Waals surface area contributed by atoms with Gasteiger partial charge < -0.3 is 72.2 Å². The number of benzene rings is 2. The second-order valence-corrected chi connectivity index (χ2v) is 19.4. The third-order valence-corrected chi connectivity index (χ3v) is 11.6. The molecule has 0 spiro atoms. The molecule has 2 aromatic carbocycles. The second kappa shape index (κ2) is 31.5. The number of hydrogen-bond acceptors (Lipinski definition) is 25. The van der Waals surface area contributed by atoms with Crippen molar-refractivity contribution in [3.05, 3.63) is 83.7 Å². The molecule has 84 heavy (non-hydrogen) atoms. The SMILES string of the molecule is C=CCOC(=O)c1cn(CCCOc2cc(NC(=O)OCc3ccc(O[C@@H]4O[C@H](C(=O)OC)[C@@H](OC(C)=O)[C@H](OC(C)=O)[C@H]4OC(C)=O)c(C(=O)NCCOCCONC(=O)OC(C)(C)C)c3)c(C(=O)N3CC(=C)C[C@H]3CO)cc2OC)nn1. The van der Waals surface area contributed by atoms with Gasteiger partial charge in [-0.3, -0.25) is 38.8 Å². The Morgan fingerprint density at radius 1 is 0.845 bits per heavy atom. The van der Waals surface area contributed by atoms with Gasteiger partial charge in [-0.1, -0.05) is 36.1 Å². The smallest absolute Gasteiger partial charge is 0.431 e. The van der Waals surface area contributed by atoms with Crippen molar-refractivity contribution in [1.82, 2.24) is 30.7 Å². The van der Waals surface area contributed by atoms with E-state index in [0.717, 1.165) is 27.9 Å². The molecule has 6 atom stereocenters. The maximum atomic E-state index is 14.3. The Balaban J connectivity index is 1.41. The van der Waals surface area contributed by atoms with E-state index in [4.69, 9.17) is 61.7 Å². The number of anilines is 1. The van der Waals surface area contributed by atoms with Gasteiger partial charge in [-0.05, 0) is 51.0 Å². The summed E-state index contributed by atoms with van der Waals surface area (Å²) in [6.07, 6.45) is -7.38. The minimum absolute atomic E-state index is 0.00617. The third-order valence-electron chi connectivity index (χ3n) is 11.6. The largest absolute Gasteiger partial charge is 0.493 e. The number of carbonyl (C=O) groups is 9. The predicted octanol–water partition coefficient (Wildman–Crippen LogP) is 2.88. The van der Waals surface area contributed by atoms with Gasteiger partial charge in [0.05, 0.1) is 76.3 Å². The maximum absolute atomic E-state index is 14.3. The summed E-state index contributed by atoms with van der Waals surface area (Å²) in [5, 5.41) is 23.2. The molecule has 4 amide bonds. The number of hydrogen-bond donors (Lipinski definition) is 4. The molecule has 0 bridgehead atoms. The van der Waals surface area contributed by atoms with Crippen molar-refractivity contribution in [1.29, 1.82) is 0 Å². The van der Waals surface area contributed by atoms with Crippen LogP contribution in [0.3, 0.4) is 0 Å². The number of methoxy groups -OCH3 is 2. The van der Waals surface area contributed by atoms with E-state index in [1.165, 1.54) is 59.3 Å². The zero-order valence-electron chi connectivity index (χ0n) is 47.6. The van der Waals surface area contributed by atoms with E-state index in [0.29, 0.717) is 18.4 Å². The number of rotatable bonds is 28. The van der Waals surface area contributed by atoms with Crippen molar-refractivity contribution in [3.8, 4) is 17.2 Å². The lowest BCUT2D eigenvalue weighted by atomic mass is 9.97. The Hall–Kier alpha value is -8.87. The summed E-state index contributed by atoms with van der Waals surface area (Å²) in [6, 6.07) is 5.98. The van der Waals surface area contributed by atoms with Gasteiger partial charge in [0.15, 0.2) is 35.5 Å². The number of aromatic nitrogens is 3. The molecule has 2 fully saturated rings. The quantitative estimate of drug-likeness (QED) is 0.0267. The highest BCUT2D eigenvalue weighted by atomic mass is 16.7. The first-order chi connectivity index (χ1) is 39.9. The van der Waals surface area contributed by atoms with Crippen LogP contribution in [0.25, 0.3) is 0 Å². The van der Waals surface area contributed by atoms with Gasteiger partial charge in [0, 0.05) is 52.9 Å². The van der Waals surface area contributed by atoms with Crippen molar-refractivity contribution in [2.45, 2.75) is 110 Å². The van der Waals surface area contributed by atoms with E-state index < -0.39 is 103 Å². The van der Waals surface area contributed by atoms with Crippen LogP contribution in [0.15, 0.2) is 61.3 Å². The molecule has 2 saturated heterocycles. The fourth-order valence-electron chi connectivity index (χ4n) is 8.15. The van der Waals surface area contributed by atoms with Crippen LogP contribution in [0.2, 0.25) is 0 Å². The Kier molecular flexibility index (Phi) is 24.8. The van der Waals surface area contributed by atoms with Gasteiger partial charge in [-0.2, -0.15) is 5.48 Å². The molecule has 3 heterocycles. The number of hydroxylamine groups is 1. The van der Waals surface area contributed by atoms with Crippen LogP contribution in [0.1, 0.15) is 91.2 Å². The lowest BCUT2D eigenvalue weighted by Crippen LogP contribution is -2.64. The number of aryl methyl sites for hydroxylation is 1. The third kappa shape index (κ3) is 19.7. The molecule has 458 valence electrons. The first-order valence-corrected chi connectivity index (χ1v) is 26.0. The monoisotopic (exact) mass is 1180 g/mol. The molecule has 0 radical (unpaired) electrons. The molecular weight excluding hydrogens is 1110 g/mol. The first kappa shape index (κ1) is 65.9. The average molecular weight is 1180 g/mol. The van der Waals surface area contributed by atoms with Crippen LogP contribution >= 0.6 is 0 Å². The topological polar surface area (TPSA) is 364 Å². The van der Waals surface area contributed by atoms with Gasteiger partial charge in [0.2, 0.25) is 12.4 Å². The maximum Gasteiger partial charge on any atom is 0.431 e. The molecule has 30 heteroatoms. The zero-order chi connectivity index (χ0) is 61.7. The van der Waals surface area contributed by atoms with Crippen LogP contribution in [0.4, 0.5) is 15.3 Å². The fourth-order valence-corrected chi connectivity index (χ4v) is 8.15. The first-order valence-electron chi connectivity index (χ1n) is 26.0. The van der Waals surface area contributed by atoms with E-state index in [2.05, 4.69) is 39.6 Å². The van der Waals surface area contributed by atoms with Crippen LogP contribution in [-0.2, 0) is 79.8 Å². The molecule has 5 rings (SSSR count). The summed E-state index contributed by atoms with van der Waals surface area (Å²) in [4.78, 5) is 123. The van der Waals surface area contributed by atoms with Crippen molar-refractivity contribution in [2.75, 3.05) is 72.3 Å². The molecule has 0 aliphatic carbocycles. The van der Waals surface area contributed by atoms with Crippen LogP contribution in [-0.4, -0.2) is 188 Å². The van der Waals surface area contributed by atoms with E-state index >= 15 is 0 Å². The summed E-state index contributed by atoms with van der Waals surface area (Å²) >= 11 is 0. The lowest BCUT2D eigenvalue weighted by molar-refractivity contribution is -0.282. The van der Waals surface area contributed by atoms with E-state index in [1.807, 2.05) is 0 Å². The number of nitrogens with zero attached hydrogens (tertiary/aromatic N) is 4. The molecule has 3 aromatic rings. The summed E-state index contributed by atoms with van der Waals surface area (Å²) < 4.78 is 67.6. The molecule has 2 aliphatic heterocycles. The van der Waals surface area contributed by atoms with E-state index in [-0.39, 0.29) is 105 Å². The highest BCUT2D eigenvalue weighted by Crippen LogP contribution is 2.37. The number of aliphatic hydroxyl groups excluding tert-OH is 1. The molecule has 30 nitrogen and oxygen atoms in total. The predicted molar refractivity (Wildman–Crippen MR) is 286 cm³/mol. The summed E-state index contributed by atoms with van der Waals surface area (Å²) in [5.41, 5.74) is 1.77. The highest BCUT2D eigenvalue weighted by molar-refractivity contribution is 6.04. The molecule has 4 N–H and O–H groups in total. The lowest BCUT2D eigenvalue weighted by Gasteiger charge is -2.43. The number of likely N-dealkylation sites (tertiary alicyclic amines) is 1. The van der Waals surface area contributed by atoms with Gasteiger partial charge >= 0.3 is 42.0 Å². The van der Waals surface area contributed by atoms with Crippen LogP contribution in [0, 0.1) is 0 Å². The summed E-state index contributed by atoms with van der Waals surface area (Å²) in [6.45, 7) is 14.7. The number of esters is 5. The average Bonchev–Trinajstić information content (AvgIpc) is 3.05. The number of aliphatic hydroxyl groups is 1. The van der Waals surface area contributed by atoms with E-state index in [1.54, 1.807) is 20.8 Å². The molecular formula is C54H69N7O23. The minimum Gasteiger partial charge on any atom is -0.493 e. The minimum atomic E-state index is -1.88.